The molecule has 0 saturated heterocycles. The van der Waals surface area contributed by atoms with E-state index in [4.69, 9.17) is 5.26 Å². The number of benzene rings is 2. The summed E-state index contributed by atoms with van der Waals surface area (Å²) in [5, 5.41) is 40.3. The molecule has 0 aromatic heterocycles. The minimum Gasteiger partial charge on any atom is -0.506 e. The molecule has 0 unspecified atom stereocenters. The number of phenols is 2. The molecule has 0 aliphatic carbocycles. The van der Waals surface area contributed by atoms with E-state index in [1.54, 1.807) is 36.4 Å². The highest BCUT2D eigenvalue weighted by molar-refractivity contribution is 6.10. The number of aliphatic hydroxyl groups excluding tert-OH is 1. The minimum atomic E-state index is -0.779. The summed E-state index contributed by atoms with van der Waals surface area (Å²) < 4.78 is 0. The largest absolute Gasteiger partial charge is 0.506 e. The average molecular weight is 296 g/mol. The van der Waals surface area contributed by atoms with Gasteiger partial charge in [-0.3, -0.25) is 4.79 Å². The SMILES string of the molecule is N#CC(C(=O)Nc1ccccc1)=C(O)c1ccc(O)c(O)c1. The standard InChI is InChI=1S/C16H12N2O4/c17-9-12(16(22)18-11-4-2-1-3-5-11)15(21)10-6-7-13(19)14(20)8-10/h1-8,19-21H,(H,18,22). The van der Waals surface area contributed by atoms with Crippen LogP contribution in [0, 0.1) is 11.3 Å². The van der Waals surface area contributed by atoms with Gasteiger partial charge in [0.15, 0.2) is 17.1 Å². The van der Waals surface area contributed by atoms with Crippen LogP contribution >= 0.6 is 0 Å². The summed E-state index contributed by atoms with van der Waals surface area (Å²) in [5.41, 5.74) is 0.00519. The van der Waals surface area contributed by atoms with E-state index in [1.807, 2.05) is 0 Å². The molecule has 1 amide bonds. The molecule has 6 nitrogen and oxygen atoms in total. The number of anilines is 1. The lowest BCUT2D eigenvalue weighted by Gasteiger charge is -2.07. The Labute approximate surface area is 126 Å². The smallest absolute Gasteiger partial charge is 0.270 e. The molecule has 0 fully saturated rings. The van der Waals surface area contributed by atoms with Gasteiger partial charge in [-0.05, 0) is 30.3 Å². The van der Waals surface area contributed by atoms with Crippen LogP contribution in [0.4, 0.5) is 5.69 Å². The van der Waals surface area contributed by atoms with E-state index >= 15 is 0 Å². The molecular weight excluding hydrogens is 284 g/mol. The number of carbonyl (C=O) groups excluding carboxylic acids is 1. The first-order valence-corrected chi connectivity index (χ1v) is 6.25. The van der Waals surface area contributed by atoms with Crippen molar-refractivity contribution in [2.75, 3.05) is 5.32 Å². The lowest BCUT2D eigenvalue weighted by molar-refractivity contribution is -0.112. The summed E-state index contributed by atoms with van der Waals surface area (Å²) in [7, 11) is 0. The summed E-state index contributed by atoms with van der Waals surface area (Å²) in [5.74, 6) is -2.21. The molecule has 4 N–H and O–H groups in total. The fourth-order valence-corrected chi connectivity index (χ4v) is 1.74. The van der Waals surface area contributed by atoms with Crippen molar-refractivity contribution in [2.45, 2.75) is 0 Å². The van der Waals surface area contributed by atoms with E-state index in [9.17, 15) is 20.1 Å². The Bertz CT molecular complexity index is 776. The number of nitrogens with zero attached hydrogens (tertiary/aromatic N) is 1. The van der Waals surface area contributed by atoms with E-state index in [1.165, 1.54) is 6.07 Å². The molecule has 0 aliphatic heterocycles. The number of nitriles is 1. The Morgan fingerprint density at radius 3 is 2.32 bits per heavy atom. The first kappa shape index (κ1) is 14.9. The first-order valence-electron chi connectivity index (χ1n) is 6.25. The Morgan fingerprint density at radius 1 is 1.05 bits per heavy atom. The summed E-state index contributed by atoms with van der Waals surface area (Å²) >= 11 is 0. The number of nitrogens with one attached hydrogen (secondary N) is 1. The van der Waals surface area contributed by atoms with Gasteiger partial charge in [0.25, 0.3) is 5.91 Å². The molecule has 0 heterocycles. The second kappa shape index (κ2) is 6.33. The number of aliphatic hydroxyl groups is 1. The number of hydrogen-bond acceptors (Lipinski definition) is 5. The second-order valence-electron chi connectivity index (χ2n) is 4.36. The predicted molar refractivity (Wildman–Crippen MR) is 80.0 cm³/mol. The Balaban J connectivity index is 2.34. The van der Waals surface area contributed by atoms with Gasteiger partial charge >= 0.3 is 0 Å². The molecule has 0 atom stereocenters. The first-order chi connectivity index (χ1) is 10.5. The minimum absolute atomic E-state index is 0.0371. The Kier molecular flexibility index (Phi) is 4.30. The maximum absolute atomic E-state index is 12.0. The van der Waals surface area contributed by atoms with E-state index < -0.39 is 23.0 Å². The second-order valence-corrected chi connectivity index (χ2v) is 4.36. The van der Waals surface area contributed by atoms with Gasteiger partial charge in [-0.15, -0.1) is 0 Å². The molecule has 2 aromatic carbocycles. The van der Waals surface area contributed by atoms with E-state index in [-0.39, 0.29) is 11.3 Å². The number of rotatable bonds is 3. The highest BCUT2D eigenvalue weighted by atomic mass is 16.3. The zero-order valence-electron chi connectivity index (χ0n) is 11.3. The van der Waals surface area contributed by atoms with Crippen molar-refractivity contribution < 1.29 is 20.1 Å². The van der Waals surface area contributed by atoms with Crippen molar-refractivity contribution in [3.63, 3.8) is 0 Å². The number of amides is 1. The number of carbonyl (C=O) groups is 1. The van der Waals surface area contributed by atoms with Crippen molar-refractivity contribution in [1.82, 2.24) is 0 Å². The number of phenolic OH excluding ortho intramolecular Hbond substituents is 2. The van der Waals surface area contributed by atoms with Crippen molar-refractivity contribution in [3.05, 3.63) is 59.7 Å². The van der Waals surface area contributed by atoms with Crippen molar-refractivity contribution in [3.8, 4) is 17.6 Å². The highest BCUT2D eigenvalue weighted by Crippen LogP contribution is 2.28. The van der Waals surface area contributed by atoms with Crippen LogP contribution in [-0.4, -0.2) is 21.2 Å². The molecule has 0 radical (unpaired) electrons. The maximum Gasteiger partial charge on any atom is 0.270 e. The molecule has 2 aromatic rings. The number of hydrogen-bond donors (Lipinski definition) is 4. The summed E-state index contributed by atoms with van der Waals surface area (Å²) in [6.07, 6.45) is 0. The van der Waals surface area contributed by atoms with Gasteiger partial charge in [0.1, 0.15) is 11.8 Å². The lowest BCUT2D eigenvalue weighted by Crippen LogP contribution is -2.15. The van der Waals surface area contributed by atoms with E-state index in [0.717, 1.165) is 12.1 Å². The van der Waals surface area contributed by atoms with Gasteiger partial charge < -0.3 is 20.6 Å². The Morgan fingerprint density at radius 2 is 1.73 bits per heavy atom. The molecular formula is C16H12N2O4. The van der Waals surface area contributed by atoms with E-state index in [0.29, 0.717) is 5.69 Å². The van der Waals surface area contributed by atoms with Gasteiger partial charge in [0.05, 0.1) is 0 Å². The van der Waals surface area contributed by atoms with E-state index in [2.05, 4.69) is 5.32 Å². The third-order valence-electron chi connectivity index (χ3n) is 2.86. The quantitative estimate of drug-likeness (QED) is 0.301. The topological polar surface area (TPSA) is 114 Å². The average Bonchev–Trinajstić information content (AvgIpc) is 2.51. The molecule has 0 bridgehead atoms. The normalized spacial score (nSPS) is 11.2. The number of para-hydroxylation sites is 1. The monoisotopic (exact) mass is 296 g/mol. The van der Waals surface area contributed by atoms with Crippen LogP contribution in [0.3, 0.4) is 0 Å². The fraction of sp³-hybridized carbons (Fsp3) is 0. The van der Waals surface area contributed by atoms with Crippen LogP contribution in [0.1, 0.15) is 5.56 Å². The van der Waals surface area contributed by atoms with Gasteiger partial charge in [0, 0.05) is 11.3 Å². The van der Waals surface area contributed by atoms with Crippen LogP contribution < -0.4 is 5.32 Å². The maximum atomic E-state index is 12.0. The van der Waals surface area contributed by atoms with Crippen LogP contribution in [0.25, 0.3) is 5.76 Å². The lowest BCUT2D eigenvalue weighted by atomic mass is 10.1. The number of aromatic hydroxyl groups is 2. The van der Waals surface area contributed by atoms with Crippen LogP contribution in [0.2, 0.25) is 0 Å². The summed E-state index contributed by atoms with van der Waals surface area (Å²) in [4.78, 5) is 12.0. The van der Waals surface area contributed by atoms with Crippen LogP contribution in [-0.2, 0) is 4.79 Å². The van der Waals surface area contributed by atoms with Crippen LogP contribution in [0.5, 0.6) is 11.5 Å². The molecule has 2 rings (SSSR count). The summed E-state index contributed by atoms with van der Waals surface area (Å²) in [6.45, 7) is 0. The van der Waals surface area contributed by atoms with Crippen LogP contribution in [0.15, 0.2) is 54.1 Å². The van der Waals surface area contributed by atoms with Crippen molar-refractivity contribution in [2.24, 2.45) is 0 Å². The van der Waals surface area contributed by atoms with Gasteiger partial charge in [-0.1, -0.05) is 18.2 Å². The summed E-state index contributed by atoms with van der Waals surface area (Å²) in [6, 6.07) is 13.6. The molecule has 0 saturated carbocycles. The molecule has 110 valence electrons. The van der Waals surface area contributed by atoms with Gasteiger partial charge in [0.2, 0.25) is 0 Å². The fourth-order valence-electron chi connectivity index (χ4n) is 1.74. The van der Waals surface area contributed by atoms with Crippen molar-refractivity contribution >= 4 is 17.4 Å². The van der Waals surface area contributed by atoms with Gasteiger partial charge in [-0.25, -0.2) is 0 Å². The molecule has 22 heavy (non-hydrogen) atoms. The third-order valence-corrected chi connectivity index (χ3v) is 2.86. The molecule has 0 aliphatic rings. The molecule has 6 heteroatoms. The van der Waals surface area contributed by atoms with Gasteiger partial charge in [-0.2, -0.15) is 5.26 Å². The zero-order chi connectivity index (χ0) is 16.1. The van der Waals surface area contributed by atoms with Crippen molar-refractivity contribution in [1.29, 1.82) is 5.26 Å². The third kappa shape index (κ3) is 3.16. The highest BCUT2D eigenvalue weighted by Gasteiger charge is 2.17. The zero-order valence-corrected chi connectivity index (χ0v) is 11.3. The molecule has 0 spiro atoms. The Hall–Kier alpha value is -3.46. The predicted octanol–water partition coefficient (Wildman–Crippen LogP) is 2.53.